The Labute approximate surface area is 372 Å². The van der Waals surface area contributed by atoms with E-state index in [9.17, 15) is 44.7 Å². The number of hydrogen-bond donors (Lipinski definition) is 6. The van der Waals surface area contributed by atoms with Gasteiger partial charge in [0.15, 0.2) is 11.6 Å². The number of allylic oxidation sites excluding steroid dienone is 8. The van der Waals surface area contributed by atoms with Crippen LogP contribution >= 0.6 is 0 Å². The number of esters is 2. The number of cyclic esters (lactones) is 1. The van der Waals surface area contributed by atoms with Crippen molar-refractivity contribution in [2.24, 2.45) is 35.5 Å². The molecule has 15 heteroatoms. The first kappa shape index (κ1) is 53.0. The number of ether oxygens (including phenoxy) is 5. The summed E-state index contributed by atoms with van der Waals surface area (Å²) in [6.07, 6.45) is 7.80. The van der Waals surface area contributed by atoms with E-state index in [-0.39, 0.29) is 48.3 Å². The number of aliphatic hydroxyl groups excluding tert-OH is 4. The van der Waals surface area contributed by atoms with E-state index in [4.69, 9.17) is 23.7 Å². The van der Waals surface area contributed by atoms with Gasteiger partial charge in [0.1, 0.15) is 29.8 Å². The minimum atomic E-state index is -2.10. The van der Waals surface area contributed by atoms with Crippen molar-refractivity contribution in [2.75, 3.05) is 14.2 Å². The molecule has 6 N–H and O–H groups in total. The van der Waals surface area contributed by atoms with Crippen molar-refractivity contribution in [3.63, 3.8) is 0 Å². The number of ketones is 1. The van der Waals surface area contributed by atoms with E-state index in [1.54, 1.807) is 65.0 Å². The molecule has 0 bridgehead atoms. The van der Waals surface area contributed by atoms with E-state index in [0.29, 0.717) is 18.4 Å². The van der Waals surface area contributed by atoms with Gasteiger partial charge >= 0.3 is 11.9 Å². The number of Topliss-reactive ketones (excluding diaryl/α,β-unsaturated/α-hetero) is 1. The molecule has 0 radical (unpaired) electrons. The molecular formula is C48H71NO14. The lowest BCUT2D eigenvalue weighted by Crippen LogP contribution is -2.58. The van der Waals surface area contributed by atoms with Gasteiger partial charge in [0.25, 0.3) is 0 Å². The maximum atomic E-state index is 13.9. The summed E-state index contributed by atoms with van der Waals surface area (Å²) in [7, 11) is 2.75. The van der Waals surface area contributed by atoms with E-state index in [2.05, 4.69) is 5.32 Å². The molecule has 1 fully saturated rings. The number of carbonyl (C=O) groups is 4. The van der Waals surface area contributed by atoms with Crippen LogP contribution in [-0.2, 0) is 42.9 Å². The summed E-state index contributed by atoms with van der Waals surface area (Å²) in [5.41, 5.74) is 1.32. The first-order valence-electron chi connectivity index (χ1n) is 21.9. The van der Waals surface area contributed by atoms with Crippen LogP contribution in [0.2, 0.25) is 0 Å². The van der Waals surface area contributed by atoms with Crippen molar-refractivity contribution in [3.8, 4) is 0 Å². The monoisotopic (exact) mass is 885 g/mol. The first-order valence-corrected chi connectivity index (χ1v) is 21.9. The predicted octanol–water partition coefficient (Wildman–Crippen LogP) is 5.36. The van der Waals surface area contributed by atoms with E-state index in [1.165, 1.54) is 20.3 Å². The number of amides is 1. The van der Waals surface area contributed by atoms with Gasteiger partial charge in [-0.25, -0.2) is 9.59 Å². The largest absolute Gasteiger partial charge is 0.510 e. The van der Waals surface area contributed by atoms with Crippen LogP contribution in [0, 0.1) is 35.5 Å². The second-order valence-electron chi connectivity index (χ2n) is 17.4. The molecule has 0 unspecified atom stereocenters. The van der Waals surface area contributed by atoms with E-state index in [0.717, 1.165) is 17.7 Å². The predicted molar refractivity (Wildman–Crippen MR) is 235 cm³/mol. The lowest BCUT2D eigenvalue weighted by atomic mass is 9.77. The highest BCUT2D eigenvalue weighted by Gasteiger charge is 2.52. The van der Waals surface area contributed by atoms with Gasteiger partial charge in [0, 0.05) is 68.1 Å². The van der Waals surface area contributed by atoms with E-state index >= 15 is 0 Å². The van der Waals surface area contributed by atoms with Crippen molar-refractivity contribution in [1.82, 2.24) is 5.32 Å². The van der Waals surface area contributed by atoms with Gasteiger partial charge in [-0.05, 0) is 45.6 Å². The number of methoxy groups -OCH3 is 2. The molecule has 3 aliphatic rings. The lowest BCUT2D eigenvalue weighted by molar-refractivity contribution is -0.314. The molecule has 0 aromatic rings. The highest BCUT2D eigenvalue weighted by Crippen LogP contribution is 2.41. The molecule has 1 aliphatic carbocycles. The molecule has 1 amide bonds. The fourth-order valence-corrected chi connectivity index (χ4v) is 8.59. The smallest absolute Gasteiger partial charge is 0.373 e. The second-order valence-corrected chi connectivity index (χ2v) is 17.4. The van der Waals surface area contributed by atoms with Crippen molar-refractivity contribution in [1.29, 1.82) is 0 Å². The molecule has 0 spiro atoms. The van der Waals surface area contributed by atoms with Crippen molar-refractivity contribution >= 4 is 23.6 Å². The van der Waals surface area contributed by atoms with Gasteiger partial charge in [-0.1, -0.05) is 89.1 Å². The van der Waals surface area contributed by atoms with Crippen LogP contribution in [0.15, 0.2) is 83.0 Å². The molecule has 3 rings (SSSR count). The summed E-state index contributed by atoms with van der Waals surface area (Å²) in [5.74, 6) is -8.99. The zero-order chi connectivity index (χ0) is 47.3. The Morgan fingerprint density at radius 1 is 1.06 bits per heavy atom. The quantitative estimate of drug-likeness (QED) is 0.0825. The Morgan fingerprint density at radius 2 is 1.75 bits per heavy atom. The summed E-state index contributed by atoms with van der Waals surface area (Å²) < 4.78 is 29.5. The molecule has 0 aromatic carbocycles. The first-order chi connectivity index (χ1) is 29.6. The highest BCUT2D eigenvalue weighted by molar-refractivity contribution is 6.04. The van der Waals surface area contributed by atoms with Crippen LogP contribution in [0.25, 0.3) is 0 Å². The number of nitrogens with one attached hydrogen (secondary N) is 1. The van der Waals surface area contributed by atoms with Crippen LogP contribution in [0.1, 0.15) is 94.4 Å². The van der Waals surface area contributed by atoms with Crippen LogP contribution in [0.3, 0.4) is 0 Å². The molecule has 2 heterocycles. The summed E-state index contributed by atoms with van der Waals surface area (Å²) >= 11 is 0. The summed E-state index contributed by atoms with van der Waals surface area (Å²) in [5, 5.41) is 59.2. The van der Waals surface area contributed by atoms with Crippen molar-refractivity contribution in [2.45, 2.75) is 143 Å². The Hall–Kier alpha value is -4.38. The Kier molecular flexibility index (Phi) is 20.2. The number of rotatable bonds is 12. The molecule has 352 valence electrons. The van der Waals surface area contributed by atoms with Crippen molar-refractivity contribution < 1.29 is 68.4 Å². The van der Waals surface area contributed by atoms with Crippen LogP contribution < -0.4 is 5.32 Å². The normalized spacial score (nSPS) is 36.4. The molecule has 14 atom stereocenters. The fraction of sp³-hybridized carbons (Fsp3) is 0.625. The zero-order valence-electron chi connectivity index (χ0n) is 38.6. The van der Waals surface area contributed by atoms with E-state index in [1.807, 2.05) is 33.8 Å². The molecule has 0 aromatic heterocycles. The SMILES string of the molecule is C/C=C/[C@H]1O[C@@](O)([C@@H](C)[C@H](O)[C@H](C)[C@H]2OC(=O)/C(OC)=C/C(C)=C/[C@@H](C)[C@@H](O)[C@@H](CC)[C@@H](O)[C@H](C)C/C(C)=C/C=C/[C@@H]2OC)C[C@@H](OC(=O)/C=C/C(=O)NC2=C(O)CCC2=O)[C@@H]1C. The molecule has 63 heavy (non-hydrogen) atoms. The Balaban J connectivity index is 1.97. The van der Waals surface area contributed by atoms with Crippen LogP contribution in [0.5, 0.6) is 0 Å². The maximum Gasteiger partial charge on any atom is 0.373 e. The van der Waals surface area contributed by atoms with E-state index < -0.39 is 95.8 Å². The summed E-state index contributed by atoms with van der Waals surface area (Å²) in [4.78, 5) is 51.4. The molecular weight excluding hydrogens is 815 g/mol. The Morgan fingerprint density at radius 3 is 2.33 bits per heavy atom. The second kappa shape index (κ2) is 24.1. The third-order valence-corrected chi connectivity index (χ3v) is 12.6. The molecule has 0 saturated carbocycles. The topological polar surface area (TPSA) is 228 Å². The molecule has 2 aliphatic heterocycles. The Bertz CT molecular complexity index is 1830. The van der Waals surface area contributed by atoms with Gasteiger partial charge in [-0.2, -0.15) is 0 Å². The van der Waals surface area contributed by atoms with Gasteiger partial charge in [0.2, 0.25) is 11.7 Å². The maximum absolute atomic E-state index is 13.9. The summed E-state index contributed by atoms with van der Waals surface area (Å²) in [6.45, 7) is 16.1. The minimum Gasteiger partial charge on any atom is -0.510 e. The molecule has 1 saturated heterocycles. The van der Waals surface area contributed by atoms with Crippen LogP contribution in [0.4, 0.5) is 0 Å². The van der Waals surface area contributed by atoms with Gasteiger partial charge in [-0.15, -0.1) is 0 Å². The van der Waals surface area contributed by atoms with Crippen LogP contribution in [-0.4, -0.2) is 112 Å². The minimum absolute atomic E-state index is 0.0618. The standard InChI is InChI=1S/C48H71NO14/c1-12-15-36-30(7)39(61-41(53)21-20-40(52)49-42-34(50)18-19-35(42)51)25-48(58,63-36)32(9)45(56)31(8)46-37(59-10)17-14-16-26(3)22-28(5)43(54)33(13-2)44(55)29(6)23-27(4)24-38(60-11)47(57)62-46/h12,14-17,20-21,23-24,28-33,36-37,39,43-46,50,54-56,58H,13,18-19,22,25H2,1-11H3,(H,49,52)/b15-12+,17-14+,21-20+,26-16+,27-23+,38-24-/t28-,29-,30-,31+,32+,33+,36-,37+,39-,43+,44-,45-,46-,48-/m1/s1. The summed E-state index contributed by atoms with van der Waals surface area (Å²) in [6, 6.07) is 0. The lowest BCUT2D eigenvalue weighted by Gasteiger charge is -2.48. The number of aliphatic hydroxyl groups is 5. The average molecular weight is 886 g/mol. The fourth-order valence-electron chi connectivity index (χ4n) is 8.59. The van der Waals surface area contributed by atoms with Gasteiger partial charge in [-0.3, -0.25) is 9.59 Å². The van der Waals surface area contributed by atoms with Gasteiger partial charge in [0.05, 0.1) is 31.5 Å². The van der Waals surface area contributed by atoms with Gasteiger partial charge < -0.3 is 54.5 Å². The molecule has 15 nitrogen and oxygen atoms in total. The zero-order valence-corrected chi connectivity index (χ0v) is 38.6. The average Bonchev–Trinajstić information content (AvgIpc) is 3.55. The number of hydrogen-bond acceptors (Lipinski definition) is 14. The highest BCUT2D eigenvalue weighted by atomic mass is 16.6. The number of carbonyl (C=O) groups excluding carboxylic acids is 4. The van der Waals surface area contributed by atoms with Crippen molar-refractivity contribution in [3.05, 3.63) is 83.0 Å². The third kappa shape index (κ3) is 14.1. The third-order valence-electron chi connectivity index (χ3n) is 12.6.